The smallest absolute Gasteiger partial charge is 0.232 e. The highest BCUT2D eigenvalue weighted by atomic mass is 79.9. The molecule has 0 aliphatic rings. The van der Waals surface area contributed by atoms with Crippen LogP contribution in [0.5, 0.6) is 5.75 Å². The Kier molecular flexibility index (Phi) is 9.53. The number of fused-ring (bicyclic) bond motifs is 3. The third-order valence-corrected chi connectivity index (χ3v) is 9.77. The number of anilines is 1. The molecule has 1 aromatic heterocycles. The van der Waals surface area contributed by atoms with Gasteiger partial charge in [-0.3, -0.25) is 9.10 Å². The number of carbonyl (C=O) groups excluding carboxylic acids is 1. The topological polar surface area (TPSA) is 91.5 Å². The molecule has 234 valence electrons. The van der Waals surface area contributed by atoms with Gasteiger partial charge in [-0.1, -0.05) is 84.9 Å². The van der Waals surface area contributed by atoms with E-state index < -0.39 is 10.0 Å². The second-order valence-corrected chi connectivity index (χ2v) is 14.0. The number of halogens is 1. The number of aromatic amines is 1. The lowest BCUT2D eigenvalue weighted by atomic mass is 10.0. The number of ketones is 1. The van der Waals surface area contributed by atoms with Gasteiger partial charge in [0.25, 0.3) is 0 Å². The highest BCUT2D eigenvalue weighted by Gasteiger charge is 2.22. The summed E-state index contributed by atoms with van der Waals surface area (Å²) in [6.07, 6.45) is 1.80. The summed E-state index contributed by atoms with van der Waals surface area (Å²) in [5.74, 6) is 0.628. The number of benzene rings is 5. The molecule has 5 aromatic carbocycles. The molecule has 0 bridgehead atoms. The number of nitrogens with zero attached hydrogens (tertiary/aromatic N) is 1. The van der Waals surface area contributed by atoms with E-state index in [1.54, 1.807) is 18.2 Å². The van der Waals surface area contributed by atoms with Gasteiger partial charge in [-0.05, 0) is 57.4 Å². The molecular weight excluding hydrogens is 662 g/mol. The Morgan fingerprint density at radius 1 is 0.848 bits per heavy atom. The number of hydrogen-bond acceptors (Lipinski definition) is 5. The van der Waals surface area contributed by atoms with Crippen LogP contribution < -0.4 is 14.4 Å². The van der Waals surface area contributed by atoms with Crippen molar-refractivity contribution in [2.75, 3.05) is 23.7 Å². The van der Waals surface area contributed by atoms with Gasteiger partial charge in [0, 0.05) is 44.9 Å². The lowest BCUT2D eigenvalue weighted by Gasteiger charge is -2.24. The zero-order valence-corrected chi connectivity index (χ0v) is 27.7. The van der Waals surface area contributed by atoms with Crippen molar-refractivity contribution in [2.45, 2.75) is 19.0 Å². The summed E-state index contributed by atoms with van der Waals surface area (Å²) in [7, 11) is -3.63. The van der Waals surface area contributed by atoms with Crippen molar-refractivity contribution in [3.63, 3.8) is 0 Å². The van der Waals surface area contributed by atoms with Crippen LogP contribution in [0.4, 0.5) is 5.69 Å². The quantitative estimate of drug-likeness (QED) is 0.119. The third kappa shape index (κ3) is 7.33. The molecule has 0 radical (unpaired) electrons. The molecule has 6 rings (SSSR count). The standard InChI is InChI=1S/C37H34BrN3O4S/c1-46(43,44)41(25-26-10-4-2-5-11-26)36-22-28(16-19-32(36)38)37(42)24-39-33(27-12-6-3-7-13-27)20-21-45-29-17-18-31-30-14-8-9-15-34(30)40-35(31)23-29/h2-19,22-23,33,39-40H,20-21,24-25H2,1H3. The van der Waals surface area contributed by atoms with Crippen molar-refractivity contribution < 1.29 is 17.9 Å². The summed E-state index contributed by atoms with van der Waals surface area (Å²) in [5, 5.41) is 5.76. The first-order valence-electron chi connectivity index (χ1n) is 15.0. The van der Waals surface area contributed by atoms with Gasteiger partial charge >= 0.3 is 0 Å². The van der Waals surface area contributed by atoms with Gasteiger partial charge in [-0.2, -0.15) is 0 Å². The molecule has 9 heteroatoms. The fourth-order valence-corrected chi connectivity index (χ4v) is 7.09. The van der Waals surface area contributed by atoms with E-state index in [0.29, 0.717) is 28.8 Å². The van der Waals surface area contributed by atoms with E-state index in [9.17, 15) is 13.2 Å². The van der Waals surface area contributed by atoms with Gasteiger partial charge in [0.05, 0.1) is 37.2 Å². The molecule has 1 atom stereocenters. The van der Waals surface area contributed by atoms with Crippen LogP contribution in [0.25, 0.3) is 21.8 Å². The second-order valence-electron chi connectivity index (χ2n) is 11.2. The Morgan fingerprint density at radius 2 is 1.54 bits per heavy atom. The first-order chi connectivity index (χ1) is 22.3. The molecule has 0 fully saturated rings. The maximum Gasteiger partial charge on any atom is 0.232 e. The Balaban J connectivity index is 1.15. The predicted octanol–water partition coefficient (Wildman–Crippen LogP) is 8.03. The molecule has 0 aliphatic carbocycles. The lowest BCUT2D eigenvalue weighted by molar-refractivity contribution is 0.0985. The zero-order chi connectivity index (χ0) is 32.1. The first-order valence-corrected chi connectivity index (χ1v) is 17.7. The van der Waals surface area contributed by atoms with Crippen LogP contribution in [0.15, 0.2) is 126 Å². The number of para-hydroxylation sites is 1. The van der Waals surface area contributed by atoms with Crippen LogP contribution in [0.1, 0.15) is 33.9 Å². The van der Waals surface area contributed by atoms with Crippen molar-refractivity contribution >= 4 is 59.2 Å². The Labute approximate surface area is 277 Å². The highest BCUT2D eigenvalue weighted by molar-refractivity contribution is 9.10. The van der Waals surface area contributed by atoms with Crippen molar-refractivity contribution in [3.8, 4) is 5.75 Å². The molecule has 0 saturated carbocycles. The number of ether oxygens (including phenoxy) is 1. The number of hydrogen-bond donors (Lipinski definition) is 2. The van der Waals surface area contributed by atoms with E-state index in [1.165, 1.54) is 15.9 Å². The normalized spacial score (nSPS) is 12.3. The SMILES string of the molecule is CS(=O)(=O)N(Cc1ccccc1)c1cc(C(=O)CNC(CCOc2ccc3c(c2)[nH]c2ccccc23)c2ccccc2)ccc1Br. The number of aromatic nitrogens is 1. The maximum atomic E-state index is 13.5. The van der Waals surface area contributed by atoms with Crippen molar-refractivity contribution in [1.29, 1.82) is 0 Å². The minimum absolute atomic E-state index is 0.0687. The number of H-pyrrole nitrogens is 1. The van der Waals surface area contributed by atoms with Gasteiger partial charge in [0.1, 0.15) is 5.75 Å². The summed E-state index contributed by atoms with van der Waals surface area (Å²) in [6, 6.07) is 38.6. The molecule has 0 saturated heterocycles. The molecule has 0 amide bonds. The third-order valence-electron chi connectivity index (χ3n) is 7.97. The van der Waals surface area contributed by atoms with Crippen LogP contribution in [0.2, 0.25) is 0 Å². The Bertz CT molecular complexity index is 2080. The number of Topliss-reactive ketones (excluding diaryl/α,β-unsaturated/α-hetero) is 1. The fraction of sp³-hybridized carbons (Fsp3) is 0.162. The molecule has 1 heterocycles. The summed E-state index contributed by atoms with van der Waals surface area (Å²) >= 11 is 3.50. The Morgan fingerprint density at radius 3 is 2.30 bits per heavy atom. The minimum Gasteiger partial charge on any atom is -0.493 e. The van der Waals surface area contributed by atoms with E-state index >= 15 is 0 Å². The monoisotopic (exact) mass is 695 g/mol. The summed E-state index contributed by atoms with van der Waals surface area (Å²) in [6.45, 7) is 0.661. The Hall–Kier alpha value is -4.44. The fourth-order valence-electron chi connectivity index (χ4n) is 5.62. The van der Waals surface area contributed by atoms with E-state index in [4.69, 9.17) is 4.74 Å². The molecule has 7 nitrogen and oxygen atoms in total. The lowest BCUT2D eigenvalue weighted by Crippen LogP contribution is -2.31. The molecule has 6 aromatic rings. The summed E-state index contributed by atoms with van der Waals surface area (Å²) in [5.41, 5.74) is 4.83. The van der Waals surface area contributed by atoms with Crippen LogP contribution in [0.3, 0.4) is 0 Å². The number of rotatable bonds is 13. The minimum atomic E-state index is -3.63. The van der Waals surface area contributed by atoms with Gasteiger partial charge < -0.3 is 15.0 Å². The summed E-state index contributed by atoms with van der Waals surface area (Å²) < 4.78 is 33.8. The predicted molar refractivity (Wildman–Crippen MR) is 189 cm³/mol. The summed E-state index contributed by atoms with van der Waals surface area (Å²) in [4.78, 5) is 16.9. The average molecular weight is 697 g/mol. The highest BCUT2D eigenvalue weighted by Crippen LogP contribution is 2.32. The van der Waals surface area contributed by atoms with Gasteiger partial charge in [0.2, 0.25) is 10.0 Å². The van der Waals surface area contributed by atoms with E-state index in [2.05, 4.69) is 44.4 Å². The number of nitrogens with one attached hydrogen (secondary N) is 2. The van der Waals surface area contributed by atoms with Crippen molar-refractivity contribution in [1.82, 2.24) is 10.3 Å². The molecule has 0 spiro atoms. The van der Waals surface area contributed by atoms with E-state index in [1.807, 2.05) is 84.9 Å². The second kappa shape index (κ2) is 13.9. The van der Waals surface area contributed by atoms with Gasteiger partial charge in [0.15, 0.2) is 5.78 Å². The van der Waals surface area contributed by atoms with E-state index in [-0.39, 0.29) is 24.9 Å². The molecule has 2 N–H and O–H groups in total. The molecule has 0 aliphatic heterocycles. The van der Waals surface area contributed by atoms with Crippen molar-refractivity contribution in [3.05, 3.63) is 142 Å². The number of sulfonamides is 1. The van der Waals surface area contributed by atoms with Crippen LogP contribution >= 0.6 is 15.9 Å². The van der Waals surface area contributed by atoms with Gasteiger partial charge in [-0.25, -0.2) is 8.42 Å². The maximum absolute atomic E-state index is 13.5. The molecular formula is C37H34BrN3O4S. The van der Waals surface area contributed by atoms with Crippen molar-refractivity contribution in [2.24, 2.45) is 0 Å². The first kappa shape index (κ1) is 31.5. The van der Waals surface area contributed by atoms with Crippen LogP contribution in [-0.2, 0) is 16.6 Å². The molecule has 1 unspecified atom stereocenters. The number of carbonyl (C=O) groups is 1. The largest absolute Gasteiger partial charge is 0.493 e. The van der Waals surface area contributed by atoms with Gasteiger partial charge in [-0.15, -0.1) is 0 Å². The van der Waals surface area contributed by atoms with Crippen LogP contribution in [-0.4, -0.2) is 38.6 Å². The van der Waals surface area contributed by atoms with E-state index in [0.717, 1.165) is 33.3 Å². The average Bonchev–Trinajstić information content (AvgIpc) is 3.44. The molecule has 46 heavy (non-hydrogen) atoms. The zero-order valence-electron chi connectivity index (χ0n) is 25.3. The van der Waals surface area contributed by atoms with Crippen LogP contribution in [0, 0.1) is 0 Å².